The van der Waals surface area contributed by atoms with E-state index in [0.717, 1.165) is 5.56 Å². The number of benzene rings is 1. The van der Waals surface area contributed by atoms with E-state index in [-0.39, 0.29) is 17.6 Å². The van der Waals surface area contributed by atoms with Crippen molar-refractivity contribution in [3.8, 4) is 0 Å². The van der Waals surface area contributed by atoms with Crippen LogP contribution < -0.4 is 5.32 Å². The van der Waals surface area contributed by atoms with Crippen molar-refractivity contribution in [1.29, 1.82) is 0 Å². The Morgan fingerprint density at radius 3 is 2.39 bits per heavy atom. The van der Waals surface area contributed by atoms with E-state index in [1.807, 2.05) is 0 Å². The van der Waals surface area contributed by atoms with Gasteiger partial charge in [0.2, 0.25) is 11.8 Å². The van der Waals surface area contributed by atoms with E-state index in [4.69, 9.17) is 0 Å². The number of carbonyl (C=O) groups excluding carboxylic acids is 2. The van der Waals surface area contributed by atoms with E-state index in [2.05, 4.69) is 5.32 Å². The molecule has 0 radical (unpaired) electrons. The zero-order valence-electron chi connectivity index (χ0n) is 10.7. The van der Waals surface area contributed by atoms with Crippen LogP contribution in [0, 0.1) is 5.82 Å². The van der Waals surface area contributed by atoms with Gasteiger partial charge in [0.25, 0.3) is 0 Å². The third-order valence-corrected chi connectivity index (χ3v) is 2.50. The van der Waals surface area contributed by atoms with Crippen molar-refractivity contribution in [2.75, 3.05) is 7.05 Å². The van der Waals surface area contributed by atoms with Gasteiger partial charge in [-0.2, -0.15) is 0 Å². The van der Waals surface area contributed by atoms with Gasteiger partial charge in [0, 0.05) is 20.5 Å². The zero-order chi connectivity index (χ0) is 13.7. The van der Waals surface area contributed by atoms with Crippen molar-refractivity contribution in [2.45, 2.75) is 26.4 Å². The Morgan fingerprint density at radius 2 is 1.89 bits per heavy atom. The first kappa shape index (κ1) is 14.2. The Kier molecular flexibility index (Phi) is 4.83. The van der Waals surface area contributed by atoms with E-state index >= 15 is 0 Å². The molecule has 0 aliphatic rings. The molecule has 5 heteroatoms. The molecule has 4 nitrogen and oxygen atoms in total. The monoisotopic (exact) mass is 252 g/mol. The summed E-state index contributed by atoms with van der Waals surface area (Å²) in [6.07, 6.45) is 0. The maximum absolute atomic E-state index is 12.7. The number of rotatable bonds is 4. The van der Waals surface area contributed by atoms with Crippen molar-refractivity contribution in [3.05, 3.63) is 35.6 Å². The lowest BCUT2D eigenvalue weighted by atomic mass is 10.2. The summed E-state index contributed by atoms with van der Waals surface area (Å²) in [4.78, 5) is 24.2. The molecule has 0 spiro atoms. The van der Waals surface area contributed by atoms with Crippen LogP contribution in [0.2, 0.25) is 0 Å². The maximum Gasteiger partial charge on any atom is 0.244 e. The van der Waals surface area contributed by atoms with E-state index in [1.54, 1.807) is 26.1 Å². The molecule has 98 valence electrons. The number of likely N-dealkylation sites (N-methyl/N-ethyl adjacent to an activating group) is 1. The molecule has 0 saturated carbocycles. The van der Waals surface area contributed by atoms with Crippen LogP contribution in [-0.2, 0) is 16.1 Å². The van der Waals surface area contributed by atoms with Gasteiger partial charge in [0.05, 0.1) is 0 Å². The van der Waals surface area contributed by atoms with Gasteiger partial charge in [0.15, 0.2) is 0 Å². The Labute approximate surface area is 106 Å². The summed E-state index contributed by atoms with van der Waals surface area (Å²) in [7, 11) is 1.64. The second kappa shape index (κ2) is 6.14. The highest BCUT2D eigenvalue weighted by Crippen LogP contribution is 2.06. The minimum atomic E-state index is -0.562. The fourth-order valence-corrected chi connectivity index (χ4v) is 1.64. The summed E-state index contributed by atoms with van der Waals surface area (Å²) in [5.74, 6) is -0.736. The second-order valence-corrected chi connectivity index (χ2v) is 4.24. The van der Waals surface area contributed by atoms with E-state index in [1.165, 1.54) is 24.0 Å². The normalized spacial score (nSPS) is 11.8. The predicted octanol–water partition coefficient (Wildman–Crippen LogP) is 1.31. The molecular formula is C13H17FN2O2. The molecule has 0 aromatic heterocycles. The fraction of sp³-hybridized carbons (Fsp3) is 0.385. The van der Waals surface area contributed by atoms with Gasteiger partial charge in [0.1, 0.15) is 11.9 Å². The smallest absolute Gasteiger partial charge is 0.244 e. The fourth-order valence-electron chi connectivity index (χ4n) is 1.64. The number of carbonyl (C=O) groups is 2. The first-order valence-corrected chi connectivity index (χ1v) is 5.66. The molecule has 0 heterocycles. The molecule has 0 aliphatic heterocycles. The molecule has 1 unspecified atom stereocenters. The summed E-state index contributed by atoms with van der Waals surface area (Å²) in [5, 5.41) is 2.53. The number of halogens is 1. The highest BCUT2D eigenvalue weighted by Gasteiger charge is 2.18. The van der Waals surface area contributed by atoms with E-state index in [9.17, 15) is 14.0 Å². The molecule has 0 bridgehead atoms. The van der Waals surface area contributed by atoms with Gasteiger partial charge in [-0.05, 0) is 24.6 Å². The van der Waals surface area contributed by atoms with Crippen molar-refractivity contribution in [1.82, 2.24) is 10.2 Å². The molecule has 0 fully saturated rings. The summed E-state index contributed by atoms with van der Waals surface area (Å²) in [6.45, 7) is 3.37. The number of nitrogens with one attached hydrogen (secondary N) is 1. The van der Waals surface area contributed by atoms with Gasteiger partial charge in [-0.1, -0.05) is 12.1 Å². The van der Waals surface area contributed by atoms with Crippen molar-refractivity contribution >= 4 is 11.8 Å². The minimum absolute atomic E-state index is 0.186. The lowest BCUT2D eigenvalue weighted by Gasteiger charge is -2.21. The zero-order valence-corrected chi connectivity index (χ0v) is 10.7. The van der Waals surface area contributed by atoms with Gasteiger partial charge in [-0.15, -0.1) is 0 Å². The lowest BCUT2D eigenvalue weighted by molar-refractivity contribution is -0.134. The third kappa shape index (κ3) is 4.16. The molecule has 1 aromatic carbocycles. The Morgan fingerprint density at radius 1 is 1.33 bits per heavy atom. The SMILES string of the molecule is CC(=O)NC(C)C(=O)N(C)Cc1ccc(F)cc1. The van der Waals surface area contributed by atoms with Crippen LogP contribution in [0.5, 0.6) is 0 Å². The number of hydrogen-bond donors (Lipinski definition) is 1. The standard InChI is InChI=1S/C13H17FN2O2/c1-9(15-10(2)17)13(18)16(3)8-11-4-6-12(14)7-5-11/h4-7,9H,8H2,1-3H3,(H,15,17). The average molecular weight is 252 g/mol. The van der Waals surface area contributed by atoms with Gasteiger partial charge in [-0.25, -0.2) is 4.39 Å². The number of nitrogens with zero attached hydrogens (tertiary/aromatic N) is 1. The summed E-state index contributed by atoms with van der Waals surface area (Å²) in [5.41, 5.74) is 0.835. The van der Waals surface area contributed by atoms with Gasteiger partial charge in [-0.3, -0.25) is 9.59 Å². The Hall–Kier alpha value is -1.91. The second-order valence-electron chi connectivity index (χ2n) is 4.24. The van der Waals surface area contributed by atoms with Crippen molar-refractivity contribution < 1.29 is 14.0 Å². The summed E-state index contributed by atoms with van der Waals surface area (Å²) >= 11 is 0. The highest BCUT2D eigenvalue weighted by molar-refractivity contribution is 5.86. The van der Waals surface area contributed by atoms with Crippen molar-refractivity contribution in [3.63, 3.8) is 0 Å². The summed E-state index contributed by atoms with van der Waals surface area (Å²) < 4.78 is 12.7. The molecule has 1 atom stereocenters. The van der Waals surface area contributed by atoms with Crippen LogP contribution in [-0.4, -0.2) is 29.8 Å². The molecular weight excluding hydrogens is 235 g/mol. The first-order valence-electron chi connectivity index (χ1n) is 5.66. The maximum atomic E-state index is 12.7. The first-order chi connectivity index (χ1) is 8.40. The predicted molar refractivity (Wildman–Crippen MR) is 66.2 cm³/mol. The van der Waals surface area contributed by atoms with Crippen molar-refractivity contribution in [2.24, 2.45) is 0 Å². The molecule has 1 rings (SSSR count). The largest absolute Gasteiger partial charge is 0.345 e. The summed E-state index contributed by atoms with van der Waals surface area (Å²) in [6, 6.07) is 5.40. The van der Waals surface area contributed by atoms with Crippen LogP contribution in [0.4, 0.5) is 4.39 Å². The average Bonchev–Trinajstić information content (AvgIpc) is 2.30. The topological polar surface area (TPSA) is 49.4 Å². The van der Waals surface area contributed by atoms with Crippen LogP contribution >= 0.6 is 0 Å². The van der Waals surface area contributed by atoms with Crippen LogP contribution in [0.15, 0.2) is 24.3 Å². The third-order valence-electron chi connectivity index (χ3n) is 2.50. The van der Waals surface area contributed by atoms with Crippen LogP contribution in [0.1, 0.15) is 19.4 Å². The highest BCUT2D eigenvalue weighted by atomic mass is 19.1. The van der Waals surface area contributed by atoms with E-state index in [0.29, 0.717) is 6.54 Å². The van der Waals surface area contributed by atoms with E-state index < -0.39 is 6.04 Å². The quantitative estimate of drug-likeness (QED) is 0.878. The van der Waals surface area contributed by atoms with Crippen LogP contribution in [0.3, 0.4) is 0 Å². The van der Waals surface area contributed by atoms with Crippen LogP contribution in [0.25, 0.3) is 0 Å². The molecule has 2 amide bonds. The van der Waals surface area contributed by atoms with Gasteiger partial charge >= 0.3 is 0 Å². The molecule has 1 N–H and O–H groups in total. The number of amides is 2. The molecule has 0 saturated heterocycles. The van der Waals surface area contributed by atoms with Gasteiger partial charge < -0.3 is 10.2 Å². The minimum Gasteiger partial charge on any atom is -0.345 e. The molecule has 1 aromatic rings. The molecule has 18 heavy (non-hydrogen) atoms. The molecule has 0 aliphatic carbocycles. The Balaban J connectivity index is 2.59. The lowest BCUT2D eigenvalue weighted by Crippen LogP contribution is -2.44. The Bertz CT molecular complexity index is 431. The number of hydrogen-bond acceptors (Lipinski definition) is 2.